The molecule has 0 aliphatic carbocycles. The molecule has 25 heavy (non-hydrogen) atoms. The van der Waals surface area contributed by atoms with Gasteiger partial charge in [-0.3, -0.25) is 9.20 Å². The van der Waals surface area contributed by atoms with Gasteiger partial charge in [0, 0.05) is 13.1 Å². The van der Waals surface area contributed by atoms with Crippen molar-refractivity contribution in [2.75, 3.05) is 18.8 Å². The molecule has 5 nitrogen and oxygen atoms in total. The first kappa shape index (κ1) is 16.4. The molecular weight excluding hydrogens is 332 g/mol. The molecule has 1 fully saturated rings. The van der Waals surface area contributed by atoms with E-state index in [1.807, 2.05) is 24.0 Å². The molecule has 1 saturated heterocycles. The molecular formula is C19H22N4OS. The van der Waals surface area contributed by atoms with Crippen molar-refractivity contribution in [3.63, 3.8) is 0 Å². The molecule has 1 aliphatic heterocycles. The quantitative estimate of drug-likeness (QED) is 0.675. The molecule has 2 aromatic heterocycles. The Labute approximate surface area is 151 Å². The third kappa shape index (κ3) is 3.11. The molecule has 0 unspecified atom stereocenters. The van der Waals surface area contributed by atoms with Crippen LogP contribution in [0.25, 0.3) is 16.6 Å². The van der Waals surface area contributed by atoms with Crippen LogP contribution in [0, 0.1) is 12.8 Å². The van der Waals surface area contributed by atoms with Gasteiger partial charge in [0.05, 0.1) is 11.3 Å². The number of hydrogen-bond donors (Lipinski definition) is 0. The van der Waals surface area contributed by atoms with E-state index in [-0.39, 0.29) is 5.91 Å². The van der Waals surface area contributed by atoms with Crippen molar-refractivity contribution in [2.24, 2.45) is 5.92 Å². The summed E-state index contributed by atoms with van der Waals surface area (Å²) >= 11 is 1.48. The third-order valence-electron chi connectivity index (χ3n) is 5.00. The van der Waals surface area contributed by atoms with Gasteiger partial charge in [-0.05, 0) is 48.8 Å². The molecule has 130 valence electrons. The standard InChI is InChI=1S/C19H22N4OS/c1-13-7-9-22(10-8-13)17(24)12-25-19-21-20-18-14(2)11-15-5-3-4-6-16(15)23(18)19/h3-6,11,13H,7-10,12H2,1-2H3. The van der Waals surface area contributed by atoms with E-state index < -0.39 is 0 Å². The Kier molecular flexibility index (Phi) is 4.37. The van der Waals surface area contributed by atoms with Crippen LogP contribution in [-0.4, -0.2) is 44.2 Å². The molecule has 0 N–H and O–H groups in total. The Morgan fingerprint density at radius 1 is 1.24 bits per heavy atom. The second kappa shape index (κ2) is 6.67. The van der Waals surface area contributed by atoms with E-state index in [9.17, 15) is 4.79 Å². The van der Waals surface area contributed by atoms with E-state index in [2.05, 4.69) is 39.7 Å². The van der Waals surface area contributed by atoms with E-state index in [1.165, 1.54) is 11.8 Å². The van der Waals surface area contributed by atoms with Gasteiger partial charge >= 0.3 is 0 Å². The van der Waals surface area contributed by atoms with Crippen molar-refractivity contribution in [1.29, 1.82) is 0 Å². The summed E-state index contributed by atoms with van der Waals surface area (Å²) in [4.78, 5) is 14.5. The summed E-state index contributed by atoms with van der Waals surface area (Å²) in [6.45, 7) is 6.06. The molecule has 3 heterocycles. The predicted molar refractivity (Wildman–Crippen MR) is 101 cm³/mol. The van der Waals surface area contributed by atoms with E-state index in [0.717, 1.165) is 59.1 Å². The highest BCUT2D eigenvalue weighted by Crippen LogP contribution is 2.26. The first-order chi connectivity index (χ1) is 12.1. The van der Waals surface area contributed by atoms with Gasteiger partial charge in [-0.25, -0.2) is 0 Å². The summed E-state index contributed by atoms with van der Waals surface area (Å²) in [5.74, 6) is 1.34. The number of likely N-dealkylation sites (tertiary alicyclic amines) is 1. The smallest absolute Gasteiger partial charge is 0.233 e. The number of carbonyl (C=O) groups is 1. The summed E-state index contributed by atoms with van der Waals surface area (Å²) in [6.07, 6.45) is 2.21. The molecule has 1 amide bonds. The summed E-state index contributed by atoms with van der Waals surface area (Å²) in [5.41, 5.74) is 3.03. The van der Waals surface area contributed by atoms with Gasteiger partial charge in [-0.15, -0.1) is 10.2 Å². The van der Waals surface area contributed by atoms with Crippen LogP contribution in [0.2, 0.25) is 0 Å². The van der Waals surface area contributed by atoms with Gasteiger partial charge in [0.15, 0.2) is 10.8 Å². The molecule has 0 saturated carbocycles. The first-order valence-electron chi connectivity index (χ1n) is 8.77. The van der Waals surface area contributed by atoms with Crippen molar-refractivity contribution in [3.05, 3.63) is 35.9 Å². The maximum absolute atomic E-state index is 12.5. The number of carbonyl (C=O) groups excluding carboxylic acids is 1. The fraction of sp³-hybridized carbons (Fsp3) is 0.421. The Balaban J connectivity index is 1.59. The van der Waals surface area contributed by atoms with Gasteiger partial charge in [-0.2, -0.15) is 0 Å². The molecule has 0 spiro atoms. The number of amides is 1. The van der Waals surface area contributed by atoms with Crippen LogP contribution in [0.5, 0.6) is 0 Å². The van der Waals surface area contributed by atoms with Crippen molar-refractivity contribution >= 4 is 34.2 Å². The van der Waals surface area contributed by atoms with Crippen LogP contribution in [0.3, 0.4) is 0 Å². The van der Waals surface area contributed by atoms with Crippen LogP contribution in [0.15, 0.2) is 35.5 Å². The van der Waals surface area contributed by atoms with Crippen molar-refractivity contribution in [3.8, 4) is 0 Å². The van der Waals surface area contributed by atoms with Crippen molar-refractivity contribution in [2.45, 2.75) is 31.8 Å². The minimum Gasteiger partial charge on any atom is -0.342 e. The number of benzene rings is 1. The number of rotatable bonds is 3. The summed E-state index contributed by atoms with van der Waals surface area (Å²) in [6, 6.07) is 10.4. The highest BCUT2D eigenvalue weighted by atomic mass is 32.2. The molecule has 1 aliphatic rings. The average Bonchev–Trinajstić information content (AvgIpc) is 3.05. The Bertz CT molecular complexity index is 928. The second-order valence-electron chi connectivity index (χ2n) is 6.88. The van der Waals surface area contributed by atoms with Gasteiger partial charge in [0.2, 0.25) is 5.91 Å². The number of pyridine rings is 1. The summed E-state index contributed by atoms with van der Waals surface area (Å²) in [5, 5.41) is 10.6. The lowest BCUT2D eigenvalue weighted by Crippen LogP contribution is -2.38. The van der Waals surface area contributed by atoms with E-state index >= 15 is 0 Å². The van der Waals surface area contributed by atoms with E-state index in [1.54, 1.807) is 0 Å². The number of piperidine rings is 1. The lowest BCUT2D eigenvalue weighted by Gasteiger charge is -2.30. The zero-order valence-electron chi connectivity index (χ0n) is 14.6. The molecule has 0 bridgehead atoms. The highest BCUT2D eigenvalue weighted by molar-refractivity contribution is 7.99. The number of aromatic nitrogens is 3. The topological polar surface area (TPSA) is 50.5 Å². The van der Waals surface area contributed by atoms with Crippen LogP contribution in [0.4, 0.5) is 0 Å². The van der Waals surface area contributed by atoms with Gasteiger partial charge in [0.1, 0.15) is 0 Å². The number of hydrogen-bond acceptors (Lipinski definition) is 4. The zero-order chi connectivity index (χ0) is 17.4. The molecule has 1 aromatic carbocycles. The predicted octanol–water partition coefficient (Wildman–Crippen LogP) is 3.54. The molecule has 0 atom stereocenters. The summed E-state index contributed by atoms with van der Waals surface area (Å²) < 4.78 is 2.07. The number of aryl methyl sites for hydroxylation is 1. The Morgan fingerprint density at radius 3 is 2.80 bits per heavy atom. The highest BCUT2D eigenvalue weighted by Gasteiger charge is 2.21. The minimum atomic E-state index is 0.200. The normalized spacial score (nSPS) is 16.0. The monoisotopic (exact) mass is 354 g/mol. The number of para-hydroxylation sites is 1. The Morgan fingerprint density at radius 2 is 2.00 bits per heavy atom. The van der Waals surface area contributed by atoms with Crippen LogP contribution in [0.1, 0.15) is 25.3 Å². The fourth-order valence-electron chi connectivity index (χ4n) is 3.42. The Hall–Kier alpha value is -2.08. The maximum atomic E-state index is 12.5. The number of fused-ring (bicyclic) bond motifs is 3. The molecule has 4 rings (SSSR count). The third-order valence-corrected chi connectivity index (χ3v) is 5.91. The molecule has 6 heteroatoms. The van der Waals surface area contributed by atoms with Crippen molar-refractivity contribution in [1.82, 2.24) is 19.5 Å². The van der Waals surface area contributed by atoms with Crippen LogP contribution < -0.4 is 0 Å². The largest absolute Gasteiger partial charge is 0.342 e. The fourth-order valence-corrected chi connectivity index (χ4v) is 4.27. The van der Waals surface area contributed by atoms with Crippen molar-refractivity contribution < 1.29 is 4.79 Å². The average molecular weight is 354 g/mol. The van der Waals surface area contributed by atoms with E-state index in [4.69, 9.17) is 0 Å². The first-order valence-corrected chi connectivity index (χ1v) is 9.76. The summed E-state index contributed by atoms with van der Waals surface area (Å²) in [7, 11) is 0. The zero-order valence-corrected chi connectivity index (χ0v) is 15.4. The second-order valence-corrected chi connectivity index (χ2v) is 7.82. The number of thioether (sulfide) groups is 1. The van der Waals surface area contributed by atoms with Crippen LogP contribution in [-0.2, 0) is 4.79 Å². The lowest BCUT2D eigenvalue weighted by atomic mass is 9.99. The SMILES string of the molecule is Cc1cc2ccccc2n2c(SCC(=O)N3CCC(C)CC3)nnc12. The van der Waals surface area contributed by atoms with Gasteiger partial charge in [0.25, 0.3) is 0 Å². The minimum absolute atomic E-state index is 0.200. The molecule has 3 aromatic rings. The van der Waals surface area contributed by atoms with E-state index in [0.29, 0.717) is 5.75 Å². The lowest BCUT2D eigenvalue weighted by molar-refractivity contribution is -0.129. The van der Waals surface area contributed by atoms with Gasteiger partial charge < -0.3 is 4.90 Å². The van der Waals surface area contributed by atoms with Gasteiger partial charge in [-0.1, -0.05) is 36.9 Å². The maximum Gasteiger partial charge on any atom is 0.233 e. The van der Waals surface area contributed by atoms with Crippen LogP contribution >= 0.6 is 11.8 Å². The molecule has 0 radical (unpaired) electrons. The number of nitrogens with zero attached hydrogens (tertiary/aromatic N) is 4.